The summed E-state index contributed by atoms with van der Waals surface area (Å²) in [6, 6.07) is 7.97. The van der Waals surface area contributed by atoms with Crippen LogP contribution in [0.25, 0.3) is 10.9 Å². The van der Waals surface area contributed by atoms with Gasteiger partial charge in [-0.25, -0.2) is 0 Å². The summed E-state index contributed by atoms with van der Waals surface area (Å²) < 4.78 is 7.39. The molecular weight excluding hydrogens is 190 g/mol. The molecule has 2 rings (SSSR count). The van der Waals surface area contributed by atoms with Crippen molar-refractivity contribution in [2.24, 2.45) is 0 Å². The van der Waals surface area contributed by atoms with Crippen molar-refractivity contribution in [2.75, 3.05) is 6.61 Å². The topological polar surface area (TPSA) is 34.4 Å². The van der Waals surface area contributed by atoms with Crippen molar-refractivity contribution >= 4 is 10.9 Å². The van der Waals surface area contributed by atoms with Crippen molar-refractivity contribution in [1.29, 1.82) is 0 Å². The summed E-state index contributed by atoms with van der Waals surface area (Å²) in [5.41, 5.74) is 2.01. The van der Waals surface area contributed by atoms with E-state index in [-0.39, 0.29) is 6.61 Å². The number of para-hydroxylation sites is 1. The fourth-order valence-corrected chi connectivity index (χ4v) is 1.77. The van der Waals surface area contributed by atoms with Crippen LogP contribution in [0.1, 0.15) is 12.5 Å². The molecule has 1 N–H and O–H groups in total. The molecule has 0 saturated carbocycles. The maximum atomic E-state index is 9.25. The molecule has 3 nitrogen and oxygen atoms in total. The smallest absolute Gasteiger partial charge is 0.122 e. The molecule has 0 spiro atoms. The van der Waals surface area contributed by atoms with E-state index in [0.717, 1.165) is 16.5 Å². The van der Waals surface area contributed by atoms with Crippen LogP contribution < -0.4 is 0 Å². The van der Waals surface area contributed by atoms with Crippen LogP contribution in [0.5, 0.6) is 0 Å². The summed E-state index contributed by atoms with van der Waals surface area (Å²) in [7, 11) is 0. The molecule has 0 aliphatic carbocycles. The largest absolute Gasteiger partial charge is 0.392 e. The van der Waals surface area contributed by atoms with Crippen LogP contribution in [-0.2, 0) is 18.1 Å². The summed E-state index contributed by atoms with van der Waals surface area (Å²) in [6.45, 7) is 3.27. The zero-order valence-electron chi connectivity index (χ0n) is 8.81. The molecule has 0 fully saturated rings. The second kappa shape index (κ2) is 4.47. The predicted molar refractivity (Wildman–Crippen MR) is 59.5 cm³/mol. The van der Waals surface area contributed by atoms with Gasteiger partial charge in [0.1, 0.15) is 6.73 Å². The van der Waals surface area contributed by atoms with E-state index in [1.54, 1.807) is 0 Å². The second-order valence-electron chi connectivity index (χ2n) is 3.42. The zero-order valence-corrected chi connectivity index (χ0v) is 8.81. The van der Waals surface area contributed by atoms with Crippen LogP contribution in [0.2, 0.25) is 0 Å². The lowest BCUT2D eigenvalue weighted by molar-refractivity contribution is 0.0907. The maximum absolute atomic E-state index is 9.25. The van der Waals surface area contributed by atoms with Gasteiger partial charge in [0.15, 0.2) is 0 Å². The quantitative estimate of drug-likeness (QED) is 0.829. The first-order chi connectivity index (χ1) is 7.36. The van der Waals surface area contributed by atoms with Gasteiger partial charge in [-0.1, -0.05) is 18.2 Å². The fraction of sp³-hybridized carbons (Fsp3) is 0.333. The normalized spacial score (nSPS) is 11.1. The number of fused-ring (bicyclic) bond motifs is 1. The summed E-state index contributed by atoms with van der Waals surface area (Å²) >= 11 is 0. The van der Waals surface area contributed by atoms with Crippen molar-refractivity contribution in [1.82, 2.24) is 4.57 Å². The van der Waals surface area contributed by atoms with Crippen molar-refractivity contribution in [3.8, 4) is 0 Å². The molecule has 1 aromatic heterocycles. The number of aliphatic hydroxyl groups is 1. The first-order valence-electron chi connectivity index (χ1n) is 5.12. The van der Waals surface area contributed by atoms with Crippen LogP contribution >= 0.6 is 0 Å². The summed E-state index contributed by atoms with van der Waals surface area (Å²) in [4.78, 5) is 0. The summed E-state index contributed by atoms with van der Waals surface area (Å²) in [5, 5.41) is 10.4. The van der Waals surface area contributed by atoms with Crippen molar-refractivity contribution in [2.45, 2.75) is 20.3 Å². The molecule has 0 aliphatic rings. The number of hydrogen-bond acceptors (Lipinski definition) is 2. The van der Waals surface area contributed by atoms with Crippen molar-refractivity contribution < 1.29 is 9.84 Å². The number of benzene rings is 1. The van der Waals surface area contributed by atoms with Gasteiger partial charge < -0.3 is 14.4 Å². The third-order valence-corrected chi connectivity index (χ3v) is 2.48. The minimum Gasteiger partial charge on any atom is -0.392 e. The Morgan fingerprint density at radius 2 is 2.20 bits per heavy atom. The zero-order chi connectivity index (χ0) is 10.7. The van der Waals surface area contributed by atoms with E-state index in [1.165, 1.54) is 0 Å². The van der Waals surface area contributed by atoms with E-state index in [1.807, 2.05) is 42.0 Å². The Kier molecular flexibility index (Phi) is 3.04. The third kappa shape index (κ3) is 1.89. The highest BCUT2D eigenvalue weighted by atomic mass is 16.5. The van der Waals surface area contributed by atoms with Crippen molar-refractivity contribution in [3.63, 3.8) is 0 Å². The Hall–Kier alpha value is -1.32. The van der Waals surface area contributed by atoms with Gasteiger partial charge in [0, 0.05) is 23.8 Å². The number of aliphatic hydroxyl groups excluding tert-OH is 1. The Morgan fingerprint density at radius 1 is 1.33 bits per heavy atom. The fourth-order valence-electron chi connectivity index (χ4n) is 1.77. The average molecular weight is 205 g/mol. The number of rotatable bonds is 4. The van der Waals surface area contributed by atoms with E-state index in [9.17, 15) is 5.11 Å². The highest BCUT2D eigenvalue weighted by Gasteiger charge is 2.04. The third-order valence-electron chi connectivity index (χ3n) is 2.48. The summed E-state index contributed by atoms with van der Waals surface area (Å²) in [5.74, 6) is 0. The van der Waals surface area contributed by atoms with E-state index in [4.69, 9.17) is 4.74 Å². The van der Waals surface area contributed by atoms with Gasteiger partial charge in [0.25, 0.3) is 0 Å². The van der Waals surface area contributed by atoms with Crippen LogP contribution in [-0.4, -0.2) is 16.3 Å². The number of ether oxygens (including phenoxy) is 1. The van der Waals surface area contributed by atoms with Gasteiger partial charge in [0.2, 0.25) is 0 Å². The maximum Gasteiger partial charge on any atom is 0.122 e. The summed E-state index contributed by atoms with van der Waals surface area (Å²) in [6.07, 6.45) is 1.99. The molecule has 0 bridgehead atoms. The van der Waals surface area contributed by atoms with E-state index in [2.05, 4.69) is 0 Å². The standard InChI is InChI=1S/C12H15NO2/c1-2-15-9-13-7-6-10-4-3-5-11(8-14)12(10)13/h3-7,14H,2,8-9H2,1H3. The molecule has 0 aliphatic heterocycles. The molecule has 1 heterocycles. The molecule has 3 heteroatoms. The van der Waals surface area contributed by atoms with Gasteiger partial charge in [-0.05, 0) is 13.0 Å². The molecule has 0 radical (unpaired) electrons. The van der Waals surface area contributed by atoms with Crippen LogP contribution in [0.3, 0.4) is 0 Å². The first-order valence-corrected chi connectivity index (χ1v) is 5.12. The average Bonchev–Trinajstić information content (AvgIpc) is 2.69. The number of aromatic nitrogens is 1. The predicted octanol–water partition coefficient (Wildman–Crippen LogP) is 2.13. The highest BCUT2D eigenvalue weighted by molar-refractivity contribution is 5.83. The van der Waals surface area contributed by atoms with Gasteiger partial charge in [-0.3, -0.25) is 0 Å². The van der Waals surface area contributed by atoms with E-state index >= 15 is 0 Å². The molecule has 0 unspecified atom stereocenters. The molecule has 0 amide bonds. The first kappa shape index (κ1) is 10.2. The van der Waals surface area contributed by atoms with Crippen LogP contribution in [0.4, 0.5) is 0 Å². The molecule has 15 heavy (non-hydrogen) atoms. The molecule has 80 valence electrons. The minimum atomic E-state index is 0.0630. The van der Waals surface area contributed by atoms with Gasteiger partial charge in [-0.2, -0.15) is 0 Å². The van der Waals surface area contributed by atoms with Crippen LogP contribution in [0.15, 0.2) is 30.5 Å². The molecular formula is C12H15NO2. The second-order valence-corrected chi connectivity index (χ2v) is 3.42. The number of hydrogen-bond donors (Lipinski definition) is 1. The molecule has 0 saturated heterocycles. The number of nitrogens with zero attached hydrogens (tertiary/aromatic N) is 1. The van der Waals surface area contributed by atoms with Gasteiger partial charge in [0.05, 0.1) is 12.1 Å². The van der Waals surface area contributed by atoms with Crippen LogP contribution in [0, 0.1) is 0 Å². The lowest BCUT2D eigenvalue weighted by Crippen LogP contribution is -2.02. The molecule has 2 aromatic rings. The SMILES string of the molecule is CCOCn1ccc2cccc(CO)c21. The van der Waals surface area contributed by atoms with E-state index in [0.29, 0.717) is 13.3 Å². The molecule has 1 aromatic carbocycles. The van der Waals surface area contributed by atoms with Gasteiger partial charge in [-0.15, -0.1) is 0 Å². The Labute approximate surface area is 88.9 Å². The van der Waals surface area contributed by atoms with Crippen molar-refractivity contribution in [3.05, 3.63) is 36.0 Å². The Balaban J connectivity index is 2.46. The Bertz CT molecular complexity index is 448. The highest BCUT2D eigenvalue weighted by Crippen LogP contribution is 2.20. The molecule has 0 atom stereocenters. The Morgan fingerprint density at radius 3 is 2.93 bits per heavy atom. The lowest BCUT2D eigenvalue weighted by atomic mass is 10.1. The monoisotopic (exact) mass is 205 g/mol. The minimum absolute atomic E-state index is 0.0630. The van der Waals surface area contributed by atoms with E-state index < -0.39 is 0 Å². The van der Waals surface area contributed by atoms with Gasteiger partial charge >= 0.3 is 0 Å². The lowest BCUT2D eigenvalue weighted by Gasteiger charge is -2.07.